The Morgan fingerprint density at radius 3 is 2.70 bits per heavy atom. The fourth-order valence-corrected chi connectivity index (χ4v) is 4.41. The highest BCUT2D eigenvalue weighted by Gasteiger charge is 2.29. The second-order valence-electron chi connectivity index (χ2n) is 9.24. The van der Waals surface area contributed by atoms with Crippen LogP contribution in [0.5, 0.6) is 0 Å². The number of pyridine rings is 1. The molecule has 3 aromatic rings. The Kier molecular flexibility index (Phi) is 6.19. The van der Waals surface area contributed by atoms with Crippen molar-refractivity contribution in [3.05, 3.63) is 65.0 Å². The van der Waals surface area contributed by atoms with Crippen LogP contribution in [-0.2, 0) is 29.1 Å². The van der Waals surface area contributed by atoms with Crippen molar-refractivity contribution in [3.63, 3.8) is 0 Å². The van der Waals surface area contributed by atoms with Crippen LogP contribution >= 0.6 is 0 Å². The molecule has 0 unspecified atom stereocenters. The van der Waals surface area contributed by atoms with E-state index >= 15 is 0 Å². The van der Waals surface area contributed by atoms with Gasteiger partial charge in [-0.1, -0.05) is 6.07 Å². The smallest absolute Gasteiger partial charge is 0.309 e. The lowest BCUT2D eigenvalue weighted by molar-refractivity contribution is -0.147. The van der Waals surface area contributed by atoms with Crippen molar-refractivity contribution in [2.24, 2.45) is 5.41 Å². The summed E-state index contributed by atoms with van der Waals surface area (Å²) in [5, 5.41) is 10.3. The first-order chi connectivity index (χ1) is 15.7. The number of carboxylic acid groups (broad SMARTS) is 1. The van der Waals surface area contributed by atoms with Gasteiger partial charge in [0, 0.05) is 36.8 Å². The van der Waals surface area contributed by atoms with Crippen LogP contribution in [-0.4, -0.2) is 38.0 Å². The molecule has 1 N–H and O–H groups in total. The molecule has 0 spiro atoms. The molecule has 1 amide bonds. The van der Waals surface area contributed by atoms with Gasteiger partial charge in [-0.3, -0.25) is 9.59 Å². The first-order valence-corrected chi connectivity index (χ1v) is 11.1. The normalized spacial score (nSPS) is 13.9. The Morgan fingerprint density at radius 2 is 1.97 bits per heavy atom. The maximum atomic E-state index is 13.8. The molecule has 0 aliphatic carbocycles. The van der Waals surface area contributed by atoms with E-state index in [4.69, 9.17) is 0 Å². The molecular formula is C25H27F2N3O3. The monoisotopic (exact) mass is 455 g/mol. The highest BCUT2D eigenvalue weighted by atomic mass is 19.2. The molecule has 1 aliphatic heterocycles. The van der Waals surface area contributed by atoms with Gasteiger partial charge in [0.15, 0.2) is 11.6 Å². The van der Waals surface area contributed by atoms with Gasteiger partial charge in [-0.05, 0) is 68.5 Å². The molecule has 0 radical (unpaired) electrons. The van der Waals surface area contributed by atoms with E-state index in [1.54, 1.807) is 31.0 Å². The fraction of sp³-hybridized carbons (Fsp3) is 0.400. The number of fused-ring (bicyclic) bond motifs is 3. The minimum atomic E-state index is -0.896. The van der Waals surface area contributed by atoms with E-state index in [1.807, 2.05) is 16.7 Å². The predicted octanol–water partition coefficient (Wildman–Crippen LogP) is 4.53. The minimum Gasteiger partial charge on any atom is -0.481 e. The van der Waals surface area contributed by atoms with Crippen molar-refractivity contribution < 1.29 is 23.5 Å². The molecule has 0 saturated heterocycles. The number of benzene rings is 1. The number of carbonyl (C=O) groups is 2. The van der Waals surface area contributed by atoms with Crippen LogP contribution in [0, 0.1) is 17.0 Å². The Morgan fingerprint density at radius 1 is 1.18 bits per heavy atom. The lowest BCUT2D eigenvalue weighted by atomic mass is 9.87. The van der Waals surface area contributed by atoms with Crippen molar-refractivity contribution in [1.29, 1.82) is 0 Å². The van der Waals surface area contributed by atoms with Gasteiger partial charge in [0.2, 0.25) is 5.91 Å². The van der Waals surface area contributed by atoms with Gasteiger partial charge < -0.3 is 14.6 Å². The van der Waals surface area contributed by atoms with E-state index in [0.717, 1.165) is 28.4 Å². The number of rotatable bonds is 7. The van der Waals surface area contributed by atoms with Gasteiger partial charge in [-0.25, -0.2) is 13.8 Å². The summed E-state index contributed by atoms with van der Waals surface area (Å²) in [6.07, 6.45) is 3.58. The van der Waals surface area contributed by atoms with Crippen molar-refractivity contribution in [3.8, 4) is 0 Å². The summed E-state index contributed by atoms with van der Waals surface area (Å²) in [6, 6.07) is 7.72. The lowest BCUT2D eigenvalue weighted by Crippen LogP contribution is -2.36. The van der Waals surface area contributed by atoms with Crippen LogP contribution in [0.4, 0.5) is 8.78 Å². The number of hydrogen-bond acceptors (Lipinski definition) is 3. The number of aromatic nitrogens is 2. The average Bonchev–Trinajstić information content (AvgIpc) is 3.09. The number of hydrogen-bond donors (Lipinski definition) is 1. The fourth-order valence-electron chi connectivity index (χ4n) is 4.41. The van der Waals surface area contributed by atoms with E-state index in [0.29, 0.717) is 44.5 Å². The summed E-state index contributed by atoms with van der Waals surface area (Å²) in [7, 11) is 0. The molecule has 3 heterocycles. The van der Waals surface area contributed by atoms with Crippen molar-refractivity contribution in [1.82, 2.24) is 14.5 Å². The Labute approximate surface area is 190 Å². The molecular weight excluding hydrogens is 428 g/mol. The zero-order chi connectivity index (χ0) is 23.8. The first kappa shape index (κ1) is 22.9. The summed E-state index contributed by atoms with van der Waals surface area (Å²) in [4.78, 5) is 30.5. The summed E-state index contributed by atoms with van der Waals surface area (Å²) in [6.45, 7) is 4.62. The third kappa shape index (κ3) is 4.60. The molecule has 6 nitrogen and oxygen atoms in total. The molecule has 0 atom stereocenters. The molecule has 174 valence electrons. The van der Waals surface area contributed by atoms with E-state index in [9.17, 15) is 23.5 Å². The molecule has 33 heavy (non-hydrogen) atoms. The zero-order valence-corrected chi connectivity index (χ0v) is 18.8. The Hall–Kier alpha value is -3.29. The average molecular weight is 456 g/mol. The quantitative estimate of drug-likeness (QED) is 0.568. The Balaban J connectivity index is 1.56. The SMILES string of the molecule is CC(C)(CCCC(=O)N1CCc2c(n(Cc3ccc(F)c(F)c3)c3ncccc23)C1)C(=O)O. The molecule has 2 aromatic heterocycles. The summed E-state index contributed by atoms with van der Waals surface area (Å²) >= 11 is 0. The van der Waals surface area contributed by atoms with Crippen LogP contribution in [0.25, 0.3) is 11.0 Å². The Bertz CT molecular complexity index is 1220. The maximum Gasteiger partial charge on any atom is 0.309 e. The van der Waals surface area contributed by atoms with Crippen molar-refractivity contribution >= 4 is 22.9 Å². The van der Waals surface area contributed by atoms with E-state index in [1.165, 1.54) is 6.07 Å². The number of aliphatic carboxylic acids is 1. The number of carbonyl (C=O) groups excluding carboxylic acids is 1. The van der Waals surface area contributed by atoms with Crippen molar-refractivity contribution in [2.45, 2.75) is 52.6 Å². The number of carboxylic acids is 1. The van der Waals surface area contributed by atoms with Crippen LogP contribution in [0.15, 0.2) is 36.5 Å². The number of amides is 1. The minimum absolute atomic E-state index is 0.0144. The molecule has 8 heteroatoms. The van der Waals surface area contributed by atoms with Gasteiger partial charge in [0.1, 0.15) is 5.65 Å². The van der Waals surface area contributed by atoms with Crippen LogP contribution < -0.4 is 0 Å². The predicted molar refractivity (Wildman–Crippen MR) is 120 cm³/mol. The third-order valence-corrected chi connectivity index (χ3v) is 6.46. The summed E-state index contributed by atoms with van der Waals surface area (Å²) in [5.74, 6) is -2.67. The van der Waals surface area contributed by atoms with Gasteiger partial charge in [0.05, 0.1) is 12.0 Å². The van der Waals surface area contributed by atoms with E-state index in [2.05, 4.69) is 4.98 Å². The van der Waals surface area contributed by atoms with Gasteiger partial charge in [0.25, 0.3) is 0 Å². The number of halogens is 2. The first-order valence-electron chi connectivity index (χ1n) is 11.1. The molecule has 4 rings (SSSR count). The summed E-state index contributed by atoms with van der Waals surface area (Å²) in [5.41, 5.74) is 2.57. The molecule has 1 aliphatic rings. The van der Waals surface area contributed by atoms with Crippen LogP contribution in [0.1, 0.15) is 49.9 Å². The lowest BCUT2D eigenvalue weighted by Gasteiger charge is -2.29. The van der Waals surface area contributed by atoms with E-state index in [-0.39, 0.29) is 12.3 Å². The van der Waals surface area contributed by atoms with Crippen LogP contribution in [0.2, 0.25) is 0 Å². The third-order valence-electron chi connectivity index (χ3n) is 6.46. The zero-order valence-electron chi connectivity index (χ0n) is 18.8. The van der Waals surface area contributed by atoms with Gasteiger partial charge in [-0.15, -0.1) is 0 Å². The second-order valence-corrected chi connectivity index (χ2v) is 9.24. The highest BCUT2D eigenvalue weighted by molar-refractivity contribution is 5.84. The second kappa shape index (κ2) is 8.92. The van der Waals surface area contributed by atoms with Crippen LogP contribution in [0.3, 0.4) is 0 Å². The van der Waals surface area contributed by atoms with E-state index < -0.39 is 23.0 Å². The summed E-state index contributed by atoms with van der Waals surface area (Å²) < 4.78 is 29.2. The molecule has 1 aromatic carbocycles. The maximum absolute atomic E-state index is 13.8. The molecule has 0 saturated carbocycles. The number of nitrogens with zero attached hydrogens (tertiary/aromatic N) is 3. The van der Waals surface area contributed by atoms with Gasteiger partial charge in [-0.2, -0.15) is 0 Å². The molecule has 0 fully saturated rings. The van der Waals surface area contributed by atoms with Gasteiger partial charge >= 0.3 is 5.97 Å². The highest BCUT2D eigenvalue weighted by Crippen LogP contribution is 2.31. The standard InChI is InChI=1S/C25H27F2N3O3/c1-25(2,24(32)33)10-3-6-22(31)29-12-9-17-18-5-4-11-28-23(18)30(21(17)15-29)14-16-7-8-19(26)20(27)13-16/h4-5,7-8,11,13H,3,6,9-10,12,14-15H2,1-2H3,(H,32,33). The molecule has 0 bridgehead atoms. The topological polar surface area (TPSA) is 75.4 Å². The largest absolute Gasteiger partial charge is 0.481 e. The van der Waals surface area contributed by atoms with Crippen molar-refractivity contribution in [2.75, 3.05) is 6.54 Å².